The van der Waals surface area contributed by atoms with Gasteiger partial charge in [-0.1, -0.05) is 19.4 Å². The van der Waals surface area contributed by atoms with E-state index in [4.69, 9.17) is 4.74 Å². The van der Waals surface area contributed by atoms with E-state index >= 15 is 0 Å². The second-order valence-corrected chi connectivity index (χ2v) is 7.93. The highest BCUT2D eigenvalue weighted by atomic mass is 19.1. The second kappa shape index (κ2) is 9.88. The molecule has 0 aliphatic carbocycles. The molecular formula is C24H31FN2O2. The zero-order valence-corrected chi connectivity index (χ0v) is 17.6. The molecule has 156 valence electrons. The minimum Gasteiger partial charge on any atom is -0.475 e. The zero-order valence-electron chi connectivity index (χ0n) is 17.6. The van der Waals surface area contributed by atoms with Gasteiger partial charge >= 0.3 is 0 Å². The lowest BCUT2D eigenvalue weighted by Gasteiger charge is -2.37. The Morgan fingerprint density at radius 2 is 1.86 bits per heavy atom. The number of anilines is 1. The van der Waals surface area contributed by atoms with Crippen LogP contribution in [0.2, 0.25) is 0 Å². The summed E-state index contributed by atoms with van der Waals surface area (Å²) < 4.78 is 19.5. The van der Waals surface area contributed by atoms with Crippen molar-refractivity contribution < 1.29 is 13.9 Å². The fourth-order valence-corrected chi connectivity index (χ4v) is 3.85. The molecule has 0 saturated carbocycles. The minimum atomic E-state index is -0.311. The number of hydrogen-bond donors (Lipinski definition) is 0. The first-order valence-electron chi connectivity index (χ1n) is 10.5. The summed E-state index contributed by atoms with van der Waals surface area (Å²) in [6.07, 6.45) is 3.60. The number of benzene rings is 2. The molecule has 1 aliphatic heterocycles. The molecule has 29 heavy (non-hydrogen) atoms. The lowest BCUT2D eigenvalue weighted by Crippen LogP contribution is -2.45. The van der Waals surface area contributed by atoms with Crippen LogP contribution in [0, 0.1) is 11.7 Å². The number of hydrogen-bond acceptors (Lipinski definition) is 4. The van der Waals surface area contributed by atoms with Crippen LogP contribution >= 0.6 is 0 Å². The third kappa shape index (κ3) is 5.57. The van der Waals surface area contributed by atoms with Crippen molar-refractivity contribution in [2.45, 2.75) is 38.8 Å². The number of Topliss-reactive ketones (excluding diaryl/α,β-unsaturated/α-hetero) is 1. The van der Waals surface area contributed by atoms with E-state index in [1.807, 2.05) is 26.2 Å². The molecular weight excluding hydrogens is 367 g/mol. The quantitative estimate of drug-likeness (QED) is 0.587. The molecule has 0 N–H and O–H groups in total. The Morgan fingerprint density at radius 3 is 2.48 bits per heavy atom. The van der Waals surface area contributed by atoms with E-state index < -0.39 is 0 Å². The molecule has 0 radical (unpaired) electrons. The summed E-state index contributed by atoms with van der Waals surface area (Å²) >= 11 is 0. The van der Waals surface area contributed by atoms with Gasteiger partial charge in [0.25, 0.3) is 0 Å². The van der Waals surface area contributed by atoms with Crippen molar-refractivity contribution in [3.63, 3.8) is 0 Å². The lowest BCUT2D eigenvalue weighted by atomic mass is 9.88. The molecule has 0 spiro atoms. The zero-order chi connectivity index (χ0) is 20.8. The third-order valence-electron chi connectivity index (χ3n) is 5.58. The van der Waals surface area contributed by atoms with Crippen LogP contribution in [0.25, 0.3) is 0 Å². The van der Waals surface area contributed by atoms with Crippen molar-refractivity contribution in [1.29, 1.82) is 0 Å². The van der Waals surface area contributed by atoms with Gasteiger partial charge in [0.1, 0.15) is 11.6 Å². The number of halogens is 1. The average Bonchev–Trinajstić information content (AvgIpc) is 2.74. The molecule has 1 fully saturated rings. The number of ether oxygens (including phenoxy) is 1. The molecule has 0 amide bonds. The highest BCUT2D eigenvalue weighted by Gasteiger charge is 2.29. The van der Waals surface area contributed by atoms with Crippen LogP contribution in [0.1, 0.15) is 43.0 Å². The average molecular weight is 399 g/mol. The molecule has 1 heterocycles. The summed E-state index contributed by atoms with van der Waals surface area (Å²) in [5.41, 5.74) is 1.72. The van der Waals surface area contributed by atoms with Gasteiger partial charge in [0.15, 0.2) is 12.0 Å². The molecule has 5 heteroatoms. The van der Waals surface area contributed by atoms with Crippen LogP contribution in [-0.2, 0) is 0 Å². The maximum Gasteiger partial charge on any atom is 0.166 e. The van der Waals surface area contributed by atoms with E-state index in [9.17, 15) is 9.18 Å². The van der Waals surface area contributed by atoms with Crippen LogP contribution in [0.5, 0.6) is 5.75 Å². The van der Waals surface area contributed by atoms with E-state index in [0.29, 0.717) is 5.56 Å². The van der Waals surface area contributed by atoms with E-state index in [-0.39, 0.29) is 23.7 Å². The summed E-state index contributed by atoms with van der Waals surface area (Å²) in [7, 11) is 4.04. The summed E-state index contributed by atoms with van der Waals surface area (Å²) in [5.74, 6) is 0.681. The predicted octanol–water partition coefficient (Wildman–Crippen LogP) is 4.99. The van der Waals surface area contributed by atoms with E-state index in [2.05, 4.69) is 28.9 Å². The number of carbonyl (C=O) groups excluding carboxylic acids is 1. The van der Waals surface area contributed by atoms with Gasteiger partial charge in [-0.15, -0.1) is 0 Å². The summed E-state index contributed by atoms with van der Waals surface area (Å²) in [6.45, 7) is 3.82. The number of carbonyl (C=O) groups is 1. The van der Waals surface area contributed by atoms with Gasteiger partial charge < -0.3 is 9.64 Å². The van der Waals surface area contributed by atoms with Gasteiger partial charge in [-0.25, -0.2) is 4.39 Å². The number of ketones is 1. The summed E-state index contributed by atoms with van der Waals surface area (Å²) in [4.78, 5) is 17.1. The van der Waals surface area contributed by atoms with Crippen LogP contribution in [0.3, 0.4) is 0 Å². The lowest BCUT2D eigenvalue weighted by molar-refractivity contribution is -0.00241. The van der Waals surface area contributed by atoms with Crippen molar-refractivity contribution in [2.24, 2.45) is 5.92 Å². The molecule has 1 unspecified atom stereocenters. The van der Waals surface area contributed by atoms with Crippen LogP contribution in [-0.4, -0.2) is 44.1 Å². The van der Waals surface area contributed by atoms with Crippen molar-refractivity contribution in [2.75, 3.05) is 32.1 Å². The molecule has 2 aromatic rings. The van der Waals surface area contributed by atoms with Crippen LogP contribution < -0.4 is 9.64 Å². The Kier molecular flexibility index (Phi) is 7.26. The Balaban J connectivity index is 1.61. The topological polar surface area (TPSA) is 32.8 Å². The molecule has 2 aromatic carbocycles. The molecule has 0 bridgehead atoms. The maximum atomic E-state index is 13.1. The van der Waals surface area contributed by atoms with Gasteiger partial charge in [0.2, 0.25) is 0 Å². The molecule has 1 saturated heterocycles. The maximum absolute atomic E-state index is 13.1. The van der Waals surface area contributed by atoms with E-state index in [1.54, 1.807) is 12.1 Å². The number of nitrogens with zero attached hydrogens (tertiary/aromatic N) is 2. The fraction of sp³-hybridized carbons (Fsp3) is 0.458. The summed E-state index contributed by atoms with van der Waals surface area (Å²) in [6, 6.07) is 14.0. The van der Waals surface area contributed by atoms with Gasteiger partial charge in [0, 0.05) is 50.4 Å². The normalized spacial score (nSPS) is 16.4. The first-order chi connectivity index (χ1) is 14.0. The first-order valence-corrected chi connectivity index (χ1v) is 10.5. The number of likely N-dealkylation sites (tertiary alicyclic amines) is 1. The Hall–Kier alpha value is -2.40. The SMILES string of the molecule is CCCC(Oc1cccc(N(C)C)c1)N1CCC(C(=O)c2ccc(F)cc2)CC1. The van der Waals surface area contributed by atoms with Gasteiger partial charge in [-0.05, 0) is 55.7 Å². The fourth-order valence-electron chi connectivity index (χ4n) is 3.85. The van der Waals surface area contributed by atoms with E-state index in [0.717, 1.165) is 50.2 Å². The van der Waals surface area contributed by atoms with Crippen molar-refractivity contribution in [3.05, 3.63) is 59.9 Å². The predicted molar refractivity (Wildman–Crippen MR) is 115 cm³/mol. The number of rotatable bonds is 8. The highest BCUT2D eigenvalue weighted by Crippen LogP contribution is 2.27. The van der Waals surface area contributed by atoms with Gasteiger partial charge in [-0.2, -0.15) is 0 Å². The molecule has 3 rings (SSSR count). The standard InChI is InChI=1S/C24H31FN2O2/c1-4-6-23(29-22-8-5-7-21(17-22)26(2)3)27-15-13-19(14-16-27)24(28)18-9-11-20(25)12-10-18/h5,7-12,17,19,23H,4,6,13-16H2,1-3H3. The first kappa shape index (κ1) is 21.3. The molecule has 0 aromatic heterocycles. The molecule has 1 aliphatic rings. The summed E-state index contributed by atoms with van der Waals surface area (Å²) in [5, 5.41) is 0. The molecule has 1 atom stereocenters. The van der Waals surface area contributed by atoms with Crippen LogP contribution in [0.15, 0.2) is 48.5 Å². The van der Waals surface area contributed by atoms with Crippen molar-refractivity contribution >= 4 is 11.5 Å². The van der Waals surface area contributed by atoms with E-state index in [1.165, 1.54) is 12.1 Å². The van der Waals surface area contributed by atoms with Crippen LogP contribution in [0.4, 0.5) is 10.1 Å². The highest BCUT2D eigenvalue weighted by molar-refractivity contribution is 5.97. The largest absolute Gasteiger partial charge is 0.475 e. The third-order valence-corrected chi connectivity index (χ3v) is 5.58. The van der Waals surface area contributed by atoms with Gasteiger partial charge in [0.05, 0.1) is 0 Å². The Morgan fingerprint density at radius 1 is 1.17 bits per heavy atom. The minimum absolute atomic E-state index is 0.00365. The number of piperidine rings is 1. The monoisotopic (exact) mass is 398 g/mol. The Bertz CT molecular complexity index is 799. The van der Waals surface area contributed by atoms with Gasteiger partial charge in [-0.3, -0.25) is 9.69 Å². The Labute approximate surface area is 173 Å². The van der Waals surface area contributed by atoms with Crippen molar-refractivity contribution in [1.82, 2.24) is 4.90 Å². The second-order valence-electron chi connectivity index (χ2n) is 7.93. The molecule has 4 nitrogen and oxygen atoms in total. The van der Waals surface area contributed by atoms with Crippen molar-refractivity contribution in [3.8, 4) is 5.75 Å². The smallest absolute Gasteiger partial charge is 0.166 e.